The number of nitrogens with zero attached hydrogens (tertiary/aromatic N) is 2. The summed E-state index contributed by atoms with van der Waals surface area (Å²) in [5.41, 5.74) is -1.23. The van der Waals surface area contributed by atoms with Gasteiger partial charge in [-0.3, -0.25) is 14.5 Å². The highest BCUT2D eigenvalue weighted by Crippen LogP contribution is 2.31. The van der Waals surface area contributed by atoms with Gasteiger partial charge in [0.2, 0.25) is 5.91 Å². The van der Waals surface area contributed by atoms with E-state index in [1.807, 2.05) is 0 Å². The Morgan fingerprint density at radius 1 is 1.15 bits per heavy atom. The first-order valence-corrected chi connectivity index (χ1v) is 12.0. The molecule has 4 rings (SSSR count). The Labute approximate surface area is 189 Å². The lowest BCUT2D eigenvalue weighted by atomic mass is 9.92. The van der Waals surface area contributed by atoms with Gasteiger partial charge >= 0.3 is 6.03 Å². The molecule has 0 unspecified atom stereocenters. The number of sulfone groups is 1. The van der Waals surface area contributed by atoms with Crippen LogP contribution in [0.4, 0.5) is 19.3 Å². The van der Waals surface area contributed by atoms with E-state index in [1.165, 1.54) is 17.9 Å². The molecule has 2 aliphatic heterocycles. The van der Waals surface area contributed by atoms with Gasteiger partial charge in [-0.2, -0.15) is 0 Å². The molecule has 11 heteroatoms. The van der Waals surface area contributed by atoms with E-state index in [0.29, 0.717) is 10.6 Å². The molecule has 0 aliphatic carbocycles. The van der Waals surface area contributed by atoms with Crippen LogP contribution >= 0.6 is 0 Å². The van der Waals surface area contributed by atoms with E-state index in [-0.39, 0.29) is 23.5 Å². The number of carbonyl (C=O) groups excluding carboxylic acids is 3. The average Bonchev–Trinajstić information content (AvgIpc) is 3.22. The van der Waals surface area contributed by atoms with Crippen molar-refractivity contribution in [1.82, 2.24) is 10.2 Å². The number of para-hydroxylation sites is 1. The molecule has 2 atom stereocenters. The minimum Gasteiger partial charge on any atom is -0.319 e. The van der Waals surface area contributed by atoms with Crippen molar-refractivity contribution in [2.75, 3.05) is 23.0 Å². The lowest BCUT2D eigenvalue weighted by molar-refractivity contribution is -0.134. The maximum atomic E-state index is 13.7. The van der Waals surface area contributed by atoms with Crippen molar-refractivity contribution in [3.05, 3.63) is 65.7 Å². The second-order valence-corrected chi connectivity index (χ2v) is 10.5. The van der Waals surface area contributed by atoms with Crippen molar-refractivity contribution in [1.29, 1.82) is 0 Å². The largest absolute Gasteiger partial charge is 0.325 e. The van der Waals surface area contributed by atoms with Crippen LogP contribution in [0, 0.1) is 11.6 Å². The SMILES string of the molecule is C[C@]1(c2ccc(F)c(F)c2)NC(=O)N(CC(=O)N(c2ccccc2)[C@H]2CCS(=O)(=O)C2)C1=O. The molecule has 2 saturated heterocycles. The van der Waals surface area contributed by atoms with Gasteiger partial charge in [0.1, 0.15) is 12.1 Å². The highest BCUT2D eigenvalue weighted by atomic mass is 32.2. The Hall–Kier alpha value is -3.34. The van der Waals surface area contributed by atoms with Crippen LogP contribution in [0.5, 0.6) is 0 Å². The molecule has 0 radical (unpaired) electrons. The summed E-state index contributed by atoms with van der Waals surface area (Å²) < 4.78 is 51.1. The molecule has 0 bridgehead atoms. The first kappa shape index (κ1) is 22.8. The zero-order valence-corrected chi connectivity index (χ0v) is 18.4. The zero-order valence-electron chi connectivity index (χ0n) is 17.6. The number of hydrogen-bond acceptors (Lipinski definition) is 5. The molecule has 0 saturated carbocycles. The topological polar surface area (TPSA) is 104 Å². The van der Waals surface area contributed by atoms with Gasteiger partial charge in [0, 0.05) is 5.69 Å². The molecule has 2 aromatic rings. The second kappa shape index (κ2) is 8.22. The number of benzene rings is 2. The number of anilines is 1. The Bertz CT molecular complexity index is 1240. The molecule has 4 amide bonds. The van der Waals surface area contributed by atoms with E-state index >= 15 is 0 Å². The standard InChI is InChI=1S/C22H21F2N3O5S/c1-22(14-7-8-17(23)18(24)11-14)20(29)26(21(30)25-22)12-19(28)27(15-5-3-2-4-6-15)16-9-10-33(31,32)13-16/h2-8,11,16H,9-10,12-13H2,1H3,(H,25,30)/t16-,22+/m0/s1. The number of amides is 4. The van der Waals surface area contributed by atoms with Crippen molar-refractivity contribution in [3.63, 3.8) is 0 Å². The van der Waals surface area contributed by atoms with Crippen molar-refractivity contribution >= 4 is 33.4 Å². The van der Waals surface area contributed by atoms with Gasteiger partial charge in [0.05, 0.1) is 17.5 Å². The summed E-state index contributed by atoms with van der Waals surface area (Å²) in [7, 11) is -3.31. The van der Waals surface area contributed by atoms with E-state index in [1.54, 1.807) is 30.3 Å². The van der Waals surface area contributed by atoms with E-state index < -0.39 is 57.4 Å². The summed E-state index contributed by atoms with van der Waals surface area (Å²) in [5, 5.41) is 2.44. The minimum atomic E-state index is -3.31. The predicted octanol–water partition coefficient (Wildman–Crippen LogP) is 1.95. The van der Waals surface area contributed by atoms with E-state index in [9.17, 15) is 31.6 Å². The quantitative estimate of drug-likeness (QED) is 0.663. The normalized spacial score (nSPS) is 24.1. The third-order valence-electron chi connectivity index (χ3n) is 5.94. The lowest BCUT2D eigenvalue weighted by Gasteiger charge is -2.30. The van der Waals surface area contributed by atoms with Crippen LogP contribution in [-0.4, -0.2) is 55.3 Å². The third kappa shape index (κ3) is 4.20. The number of halogens is 2. The van der Waals surface area contributed by atoms with Crippen LogP contribution in [0.25, 0.3) is 0 Å². The first-order chi connectivity index (χ1) is 15.5. The van der Waals surface area contributed by atoms with Gasteiger partial charge in [0.15, 0.2) is 21.5 Å². The molecule has 2 aliphatic rings. The summed E-state index contributed by atoms with van der Waals surface area (Å²) in [4.78, 5) is 41.0. The lowest BCUT2D eigenvalue weighted by Crippen LogP contribution is -2.48. The van der Waals surface area contributed by atoms with Gasteiger partial charge in [-0.05, 0) is 43.2 Å². The van der Waals surface area contributed by atoms with Crippen LogP contribution in [-0.2, 0) is 25.0 Å². The van der Waals surface area contributed by atoms with E-state index in [4.69, 9.17) is 0 Å². The number of rotatable bonds is 5. The highest BCUT2D eigenvalue weighted by Gasteiger charge is 2.50. The maximum absolute atomic E-state index is 13.7. The zero-order chi connectivity index (χ0) is 24.0. The molecule has 2 heterocycles. The van der Waals surface area contributed by atoms with Crippen molar-refractivity contribution in [2.45, 2.75) is 24.9 Å². The van der Waals surface area contributed by atoms with Gasteiger partial charge < -0.3 is 10.2 Å². The van der Waals surface area contributed by atoms with Gasteiger partial charge in [-0.15, -0.1) is 0 Å². The van der Waals surface area contributed by atoms with Crippen LogP contribution in [0.15, 0.2) is 48.5 Å². The van der Waals surface area contributed by atoms with Crippen molar-refractivity contribution < 1.29 is 31.6 Å². The molecular weight excluding hydrogens is 456 g/mol. The monoisotopic (exact) mass is 477 g/mol. The van der Waals surface area contributed by atoms with Crippen molar-refractivity contribution in [2.24, 2.45) is 0 Å². The predicted molar refractivity (Wildman–Crippen MR) is 115 cm³/mol. The number of imide groups is 1. The summed E-state index contributed by atoms with van der Waals surface area (Å²) >= 11 is 0. The molecule has 174 valence electrons. The molecule has 1 N–H and O–H groups in total. The van der Waals surface area contributed by atoms with Crippen LogP contribution < -0.4 is 10.2 Å². The number of hydrogen-bond donors (Lipinski definition) is 1. The fourth-order valence-corrected chi connectivity index (χ4v) is 5.88. The molecular formula is C22H21F2N3O5S. The van der Waals surface area contributed by atoms with Gasteiger partial charge in [-0.1, -0.05) is 24.3 Å². The average molecular weight is 477 g/mol. The first-order valence-electron chi connectivity index (χ1n) is 10.2. The Balaban J connectivity index is 1.61. The summed E-state index contributed by atoms with van der Waals surface area (Å²) in [6, 6.07) is 9.74. The van der Waals surface area contributed by atoms with Gasteiger partial charge in [0.25, 0.3) is 5.91 Å². The van der Waals surface area contributed by atoms with E-state index in [0.717, 1.165) is 12.1 Å². The van der Waals surface area contributed by atoms with Gasteiger partial charge in [-0.25, -0.2) is 22.0 Å². The summed E-state index contributed by atoms with van der Waals surface area (Å²) in [5.74, 6) is -4.01. The second-order valence-electron chi connectivity index (χ2n) is 8.23. The van der Waals surface area contributed by atoms with Crippen LogP contribution in [0.2, 0.25) is 0 Å². The molecule has 8 nitrogen and oxygen atoms in total. The number of carbonyl (C=O) groups is 3. The highest BCUT2D eigenvalue weighted by molar-refractivity contribution is 7.91. The third-order valence-corrected chi connectivity index (χ3v) is 7.69. The fourth-order valence-electron chi connectivity index (χ4n) is 4.18. The maximum Gasteiger partial charge on any atom is 0.325 e. The molecule has 33 heavy (non-hydrogen) atoms. The molecule has 0 aromatic heterocycles. The van der Waals surface area contributed by atoms with Crippen LogP contribution in [0.1, 0.15) is 18.9 Å². The molecule has 0 spiro atoms. The summed E-state index contributed by atoms with van der Waals surface area (Å²) in [6.45, 7) is 0.693. The van der Waals surface area contributed by atoms with E-state index in [2.05, 4.69) is 5.32 Å². The van der Waals surface area contributed by atoms with Crippen LogP contribution in [0.3, 0.4) is 0 Å². The smallest absolute Gasteiger partial charge is 0.319 e. The molecule has 2 fully saturated rings. The Kier molecular flexibility index (Phi) is 5.69. The molecule has 2 aromatic carbocycles. The Morgan fingerprint density at radius 2 is 1.85 bits per heavy atom. The number of nitrogens with one attached hydrogen (secondary N) is 1. The fraction of sp³-hybridized carbons (Fsp3) is 0.318. The summed E-state index contributed by atoms with van der Waals surface area (Å²) in [6.07, 6.45) is 0.232. The number of urea groups is 1. The Morgan fingerprint density at radius 3 is 2.45 bits per heavy atom. The van der Waals surface area contributed by atoms with Crippen molar-refractivity contribution in [3.8, 4) is 0 Å². The minimum absolute atomic E-state index is 0.0245.